The Morgan fingerprint density at radius 2 is 2.04 bits per heavy atom. The van der Waals surface area contributed by atoms with Crippen molar-refractivity contribution in [1.29, 1.82) is 0 Å². The highest BCUT2D eigenvalue weighted by Crippen LogP contribution is 2.19. The average molecular weight is 367 g/mol. The van der Waals surface area contributed by atoms with Crippen LogP contribution in [-0.4, -0.2) is 48.4 Å². The highest BCUT2D eigenvalue weighted by Gasteiger charge is 2.27. The predicted octanol–water partition coefficient (Wildman–Crippen LogP) is 2.30. The van der Waals surface area contributed by atoms with Gasteiger partial charge in [-0.3, -0.25) is 14.6 Å². The Morgan fingerprint density at radius 3 is 2.74 bits per heavy atom. The maximum absolute atomic E-state index is 12.4. The van der Waals surface area contributed by atoms with Gasteiger partial charge >= 0.3 is 0 Å². The number of ether oxygens (including phenoxy) is 1. The number of rotatable bonds is 6. The number of carbonyl (C=O) groups excluding carboxylic acids is 2. The van der Waals surface area contributed by atoms with E-state index in [-0.39, 0.29) is 17.7 Å². The predicted molar refractivity (Wildman–Crippen MR) is 103 cm³/mol. The second kappa shape index (κ2) is 9.16. The van der Waals surface area contributed by atoms with Crippen molar-refractivity contribution < 1.29 is 14.3 Å². The van der Waals surface area contributed by atoms with Crippen molar-refractivity contribution in [3.63, 3.8) is 0 Å². The molecule has 27 heavy (non-hydrogen) atoms. The summed E-state index contributed by atoms with van der Waals surface area (Å²) < 4.78 is 5.22. The zero-order valence-corrected chi connectivity index (χ0v) is 15.6. The maximum atomic E-state index is 12.4. The van der Waals surface area contributed by atoms with E-state index < -0.39 is 0 Å². The minimum absolute atomic E-state index is 0.0139. The Balaban J connectivity index is 1.42. The molecule has 1 aromatic carbocycles. The molecule has 1 saturated heterocycles. The Morgan fingerprint density at radius 1 is 1.22 bits per heavy atom. The van der Waals surface area contributed by atoms with E-state index in [1.807, 2.05) is 24.3 Å². The van der Waals surface area contributed by atoms with Gasteiger partial charge in [-0.15, -0.1) is 0 Å². The van der Waals surface area contributed by atoms with Gasteiger partial charge in [0, 0.05) is 37.9 Å². The van der Waals surface area contributed by atoms with Crippen LogP contribution >= 0.6 is 0 Å². The number of nitrogens with zero attached hydrogens (tertiary/aromatic N) is 2. The molecule has 0 bridgehead atoms. The van der Waals surface area contributed by atoms with Crippen molar-refractivity contribution in [3.8, 4) is 5.75 Å². The van der Waals surface area contributed by atoms with Crippen molar-refractivity contribution >= 4 is 11.8 Å². The molecule has 0 saturated carbocycles. The molecule has 0 aliphatic carbocycles. The van der Waals surface area contributed by atoms with Gasteiger partial charge in [0.2, 0.25) is 5.91 Å². The van der Waals surface area contributed by atoms with Crippen molar-refractivity contribution in [3.05, 3.63) is 59.9 Å². The topological polar surface area (TPSA) is 71.5 Å². The van der Waals surface area contributed by atoms with Gasteiger partial charge in [0.25, 0.3) is 5.91 Å². The number of pyridine rings is 1. The van der Waals surface area contributed by atoms with Crippen LogP contribution in [0.5, 0.6) is 5.75 Å². The number of hydrogen-bond acceptors (Lipinski definition) is 4. The fraction of sp³-hybridized carbons (Fsp3) is 0.381. The monoisotopic (exact) mass is 367 g/mol. The lowest BCUT2D eigenvalue weighted by atomic mass is 9.95. The lowest BCUT2D eigenvalue weighted by molar-refractivity contribution is -0.126. The molecule has 1 aliphatic rings. The van der Waals surface area contributed by atoms with E-state index in [2.05, 4.69) is 10.3 Å². The van der Waals surface area contributed by atoms with Crippen LogP contribution in [0, 0.1) is 5.92 Å². The third-order valence-electron chi connectivity index (χ3n) is 4.91. The first kappa shape index (κ1) is 18.9. The van der Waals surface area contributed by atoms with Crippen LogP contribution < -0.4 is 10.1 Å². The largest absolute Gasteiger partial charge is 0.497 e. The molecule has 0 radical (unpaired) electrons. The molecule has 3 rings (SSSR count). The van der Waals surface area contributed by atoms with Crippen LogP contribution in [0.15, 0.2) is 48.8 Å². The highest BCUT2D eigenvalue weighted by atomic mass is 16.5. The molecule has 0 atom stereocenters. The van der Waals surface area contributed by atoms with Crippen LogP contribution in [0.25, 0.3) is 0 Å². The number of nitrogens with one attached hydrogen (secondary N) is 1. The van der Waals surface area contributed by atoms with E-state index in [0.29, 0.717) is 38.0 Å². The van der Waals surface area contributed by atoms with Crippen molar-refractivity contribution in [2.45, 2.75) is 19.3 Å². The smallest absolute Gasteiger partial charge is 0.255 e. The van der Waals surface area contributed by atoms with Gasteiger partial charge in [-0.2, -0.15) is 0 Å². The van der Waals surface area contributed by atoms with Crippen LogP contribution in [0.3, 0.4) is 0 Å². The van der Waals surface area contributed by atoms with E-state index in [9.17, 15) is 9.59 Å². The highest BCUT2D eigenvalue weighted by molar-refractivity contribution is 5.94. The molecule has 142 valence electrons. The third-order valence-corrected chi connectivity index (χ3v) is 4.91. The van der Waals surface area contributed by atoms with E-state index in [1.165, 1.54) is 0 Å². The fourth-order valence-electron chi connectivity index (χ4n) is 3.32. The Hall–Kier alpha value is -2.89. The average Bonchev–Trinajstić information content (AvgIpc) is 2.74. The first-order valence-corrected chi connectivity index (χ1v) is 9.27. The molecule has 2 aromatic rings. The molecule has 2 amide bonds. The number of methoxy groups -OCH3 is 1. The van der Waals surface area contributed by atoms with Crippen LogP contribution in [0.1, 0.15) is 28.8 Å². The minimum atomic E-state index is -0.0340. The third kappa shape index (κ3) is 5.06. The summed E-state index contributed by atoms with van der Waals surface area (Å²) in [4.78, 5) is 30.6. The van der Waals surface area contributed by atoms with Gasteiger partial charge in [0.05, 0.1) is 12.7 Å². The summed E-state index contributed by atoms with van der Waals surface area (Å²) in [5.74, 6) is 0.851. The lowest BCUT2D eigenvalue weighted by Crippen LogP contribution is -2.43. The van der Waals surface area contributed by atoms with Gasteiger partial charge in [-0.25, -0.2) is 0 Å². The molecule has 0 spiro atoms. The quantitative estimate of drug-likeness (QED) is 0.850. The SMILES string of the molecule is COc1cccc(CCNC(=O)C2CCN(C(=O)c3cccnc3)CC2)c1. The maximum Gasteiger partial charge on any atom is 0.255 e. The number of piperidine rings is 1. The van der Waals surface area contributed by atoms with Crippen molar-refractivity contribution in [2.24, 2.45) is 5.92 Å². The van der Waals surface area contributed by atoms with Gasteiger partial charge in [0.15, 0.2) is 0 Å². The Bertz CT molecular complexity index is 771. The van der Waals surface area contributed by atoms with Gasteiger partial charge < -0.3 is 15.0 Å². The molecule has 1 fully saturated rings. The molecule has 0 unspecified atom stereocenters. The number of likely N-dealkylation sites (tertiary alicyclic amines) is 1. The second-order valence-electron chi connectivity index (χ2n) is 6.70. The molecule has 1 N–H and O–H groups in total. The van der Waals surface area contributed by atoms with E-state index >= 15 is 0 Å². The summed E-state index contributed by atoms with van der Waals surface area (Å²) in [6.07, 6.45) is 5.38. The molecule has 1 aliphatic heterocycles. The Kier molecular flexibility index (Phi) is 6.41. The summed E-state index contributed by atoms with van der Waals surface area (Å²) in [5.41, 5.74) is 1.73. The van der Waals surface area contributed by atoms with E-state index in [1.54, 1.807) is 36.5 Å². The van der Waals surface area contributed by atoms with Gasteiger partial charge in [-0.1, -0.05) is 12.1 Å². The lowest BCUT2D eigenvalue weighted by Gasteiger charge is -2.31. The molecular weight excluding hydrogens is 342 g/mol. The number of carbonyl (C=O) groups is 2. The first-order valence-electron chi connectivity index (χ1n) is 9.27. The fourth-order valence-corrected chi connectivity index (χ4v) is 3.32. The second-order valence-corrected chi connectivity index (χ2v) is 6.70. The summed E-state index contributed by atoms with van der Waals surface area (Å²) in [6, 6.07) is 11.4. The molecule has 6 nitrogen and oxygen atoms in total. The van der Waals surface area contributed by atoms with E-state index in [0.717, 1.165) is 17.7 Å². The molecule has 2 heterocycles. The molecular formula is C21H25N3O3. The van der Waals surface area contributed by atoms with Crippen LogP contribution in [0.2, 0.25) is 0 Å². The normalized spacial score (nSPS) is 14.6. The zero-order chi connectivity index (χ0) is 19.1. The zero-order valence-electron chi connectivity index (χ0n) is 15.6. The van der Waals surface area contributed by atoms with E-state index in [4.69, 9.17) is 4.74 Å². The first-order chi connectivity index (χ1) is 13.2. The number of benzene rings is 1. The molecule has 1 aromatic heterocycles. The number of aromatic nitrogens is 1. The molecule has 6 heteroatoms. The number of amides is 2. The summed E-state index contributed by atoms with van der Waals surface area (Å²) in [7, 11) is 1.65. The van der Waals surface area contributed by atoms with Crippen LogP contribution in [-0.2, 0) is 11.2 Å². The van der Waals surface area contributed by atoms with Gasteiger partial charge in [0.1, 0.15) is 5.75 Å². The van der Waals surface area contributed by atoms with Crippen LogP contribution in [0.4, 0.5) is 0 Å². The Labute approximate surface area is 159 Å². The summed E-state index contributed by atoms with van der Waals surface area (Å²) >= 11 is 0. The van der Waals surface area contributed by atoms with Crippen molar-refractivity contribution in [1.82, 2.24) is 15.2 Å². The summed E-state index contributed by atoms with van der Waals surface area (Å²) in [6.45, 7) is 1.80. The standard InChI is InChI=1S/C21H25N3O3/c1-27-19-6-2-4-16(14-19)7-11-23-20(25)17-8-12-24(13-9-17)21(26)18-5-3-10-22-15-18/h2-6,10,14-15,17H,7-9,11-13H2,1H3,(H,23,25). The minimum Gasteiger partial charge on any atom is -0.497 e. The van der Waals surface area contributed by atoms with Crippen molar-refractivity contribution in [2.75, 3.05) is 26.7 Å². The van der Waals surface area contributed by atoms with Gasteiger partial charge in [-0.05, 0) is 49.1 Å². The number of hydrogen-bond donors (Lipinski definition) is 1. The summed E-state index contributed by atoms with van der Waals surface area (Å²) in [5, 5.41) is 3.02.